The van der Waals surface area contributed by atoms with E-state index in [1.807, 2.05) is 0 Å². The van der Waals surface area contributed by atoms with Gasteiger partial charge in [-0.15, -0.1) is 0 Å². The second kappa shape index (κ2) is 5.38. The molecule has 0 saturated carbocycles. The fourth-order valence-corrected chi connectivity index (χ4v) is 1.66. The van der Waals surface area contributed by atoms with Crippen molar-refractivity contribution in [2.24, 2.45) is 0 Å². The van der Waals surface area contributed by atoms with E-state index in [1.165, 1.54) is 0 Å². The highest BCUT2D eigenvalue weighted by Crippen LogP contribution is 2.14. The Kier molecular flexibility index (Phi) is 3.85. The zero-order valence-corrected chi connectivity index (χ0v) is 11.1. The van der Waals surface area contributed by atoms with Gasteiger partial charge in [0.1, 0.15) is 0 Å². The number of benzene rings is 1. The molecule has 0 saturated heterocycles. The number of anilines is 1. The van der Waals surface area contributed by atoms with E-state index in [-0.39, 0.29) is 5.69 Å². The molecule has 0 bridgehead atoms. The van der Waals surface area contributed by atoms with E-state index < -0.39 is 17.8 Å². The molecule has 0 spiro atoms. The Morgan fingerprint density at radius 3 is 2.39 bits per heavy atom. The van der Waals surface area contributed by atoms with Crippen molar-refractivity contribution in [2.45, 2.75) is 0 Å². The molecule has 92 valence electrons. The minimum atomic E-state index is -1.05. The lowest BCUT2D eigenvalue weighted by Crippen LogP contribution is -2.13. The third-order valence-electron chi connectivity index (χ3n) is 2.17. The van der Waals surface area contributed by atoms with Gasteiger partial charge < -0.3 is 5.32 Å². The molecular weight excluding hydrogens is 353 g/mol. The maximum Gasteiger partial charge on any atom is 0.255 e. The van der Waals surface area contributed by atoms with Crippen LogP contribution in [0.1, 0.15) is 10.4 Å². The van der Waals surface area contributed by atoms with E-state index in [1.54, 1.807) is 24.3 Å². The third kappa shape index (κ3) is 3.00. The summed E-state index contributed by atoms with van der Waals surface area (Å²) < 4.78 is 26.8. The standard InChI is InChI=1S/C12H7F2IN2O/c13-10-6-5-9(11(14)17-10)16-12(18)7-1-3-8(15)4-2-7/h1-6H,(H,16,18). The smallest absolute Gasteiger partial charge is 0.255 e. The Morgan fingerprint density at radius 1 is 1.11 bits per heavy atom. The van der Waals surface area contributed by atoms with Crippen LogP contribution in [0, 0.1) is 15.5 Å². The molecule has 1 N–H and O–H groups in total. The van der Waals surface area contributed by atoms with Crippen LogP contribution >= 0.6 is 22.6 Å². The Hall–Kier alpha value is -1.57. The van der Waals surface area contributed by atoms with Crippen molar-refractivity contribution in [1.82, 2.24) is 4.98 Å². The quantitative estimate of drug-likeness (QED) is 0.660. The van der Waals surface area contributed by atoms with Crippen molar-refractivity contribution in [3.05, 3.63) is 57.4 Å². The van der Waals surface area contributed by atoms with Gasteiger partial charge in [-0.3, -0.25) is 4.79 Å². The van der Waals surface area contributed by atoms with Gasteiger partial charge in [0.25, 0.3) is 5.91 Å². The van der Waals surface area contributed by atoms with Crippen LogP contribution in [0.2, 0.25) is 0 Å². The van der Waals surface area contributed by atoms with Gasteiger partial charge in [-0.25, -0.2) is 0 Å². The molecule has 0 unspecified atom stereocenters. The highest BCUT2D eigenvalue weighted by atomic mass is 127. The van der Waals surface area contributed by atoms with Gasteiger partial charge in [0.15, 0.2) is 0 Å². The minimum absolute atomic E-state index is 0.153. The summed E-state index contributed by atoms with van der Waals surface area (Å²) in [6.07, 6.45) is 0. The van der Waals surface area contributed by atoms with E-state index >= 15 is 0 Å². The maximum absolute atomic E-state index is 13.2. The molecule has 1 aromatic carbocycles. The van der Waals surface area contributed by atoms with Gasteiger partial charge in [0.05, 0.1) is 5.69 Å². The van der Waals surface area contributed by atoms with Crippen LogP contribution < -0.4 is 5.32 Å². The molecule has 3 nitrogen and oxygen atoms in total. The zero-order valence-electron chi connectivity index (χ0n) is 8.95. The van der Waals surface area contributed by atoms with E-state index in [0.717, 1.165) is 15.7 Å². The number of pyridine rings is 1. The number of hydrogen-bond acceptors (Lipinski definition) is 2. The fourth-order valence-electron chi connectivity index (χ4n) is 1.30. The molecule has 0 aliphatic heterocycles. The minimum Gasteiger partial charge on any atom is -0.318 e. The summed E-state index contributed by atoms with van der Waals surface area (Å²) >= 11 is 2.11. The average Bonchev–Trinajstić information content (AvgIpc) is 2.33. The van der Waals surface area contributed by atoms with Crippen molar-refractivity contribution in [3.8, 4) is 0 Å². The molecule has 2 rings (SSSR count). The predicted octanol–water partition coefficient (Wildman–Crippen LogP) is 3.22. The molecule has 0 aliphatic carbocycles. The molecule has 1 aromatic heterocycles. The van der Waals surface area contributed by atoms with Gasteiger partial charge in [-0.05, 0) is 59.0 Å². The number of halogens is 3. The zero-order chi connectivity index (χ0) is 13.1. The maximum atomic E-state index is 13.2. The number of nitrogens with zero attached hydrogens (tertiary/aromatic N) is 1. The third-order valence-corrected chi connectivity index (χ3v) is 2.89. The first-order valence-electron chi connectivity index (χ1n) is 4.95. The SMILES string of the molecule is O=C(Nc1ccc(F)nc1F)c1ccc(I)cc1. The van der Waals surface area contributed by atoms with Crippen molar-refractivity contribution in [3.63, 3.8) is 0 Å². The predicted molar refractivity (Wildman–Crippen MR) is 71.3 cm³/mol. The highest BCUT2D eigenvalue weighted by Gasteiger charge is 2.10. The van der Waals surface area contributed by atoms with Gasteiger partial charge in [-0.2, -0.15) is 13.8 Å². The normalized spacial score (nSPS) is 10.2. The molecule has 0 aliphatic rings. The molecule has 1 amide bonds. The summed E-state index contributed by atoms with van der Waals surface area (Å²) in [4.78, 5) is 14.7. The molecule has 0 atom stereocenters. The first-order valence-corrected chi connectivity index (χ1v) is 6.03. The molecule has 0 fully saturated rings. The summed E-state index contributed by atoms with van der Waals surface area (Å²) in [5.74, 6) is -2.45. The van der Waals surface area contributed by atoms with E-state index in [4.69, 9.17) is 0 Å². The number of amides is 1. The van der Waals surface area contributed by atoms with Crippen molar-refractivity contribution < 1.29 is 13.6 Å². The summed E-state index contributed by atoms with van der Waals surface area (Å²) in [6, 6.07) is 8.86. The molecule has 18 heavy (non-hydrogen) atoms. The number of nitrogens with one attached hydrogen (secondary N) is 1. The van der Waals surface area contributed by atoms with Crippen LogP contribution in [0.25, 0.3) is 0 Å². The molecular formula is C12H7F2IN2O. The van der Waals surface area contributed by atoms with Gasteiger partial charge in [-0.1, -0.05) is 0 Å². The molecule has 0 radical (unpaired) electrons. The van der Waals surface area contributed by atoms with Crippen LogP contribution in [0.4, 0.5) is 14.5 Å². The van der Waals surface area contributed by atoms with Crippen molar-refractivity contribution in [2.75, 3.05) is 5.32 Å². The van der Waals surface area contributed by atoms with Crippen molar-refractivity contribution in [1.29, 1.82) is 0 Å². The van der Waals surface area contributed by atoms with E-state index in [2.05, 4.69) is 32.9 Å². The Labute approximate surface area is 115 Å². The summed E-state index contributed by atoms with van der Waals surface area (Å²) in [6.45, 7) is 0. The number of hydrogen-bond donors (Lipinski definition) is 1. The lowest BCUT2D eigenvalue weighted by Gasteiger charge is -2.05. The van der Waals surface area contributed by atoms with E-state index in [9.17, 15) is 13.6 Å². The Morgan fingerprint density at radius 2 is 1.78 bits per heavy atom. The summed E-state index contributed by atoms with van der Waals surface area (Å²) in [7, 11) is 0. The topological polar surface area (TPSA) is 42.0 Å². The van der Waals surface area contributed by atoms with Crippen molar-refractivity contribution >= 4 is 34.2 Å². The van der Waals surface area contributed by atoms with Crippen LogP contribution in [-0.2, 0) is 0 Å². The van der Waals surface area contributed by atoms with Crippen LogP contribution in [-0.4, -0.2) is 10.9 Å². The fraction of sp³-hybridized carbons (Fsp3) is 0. The van der Waals surface area contributed by atoms with Gasteiger partial charge >= 0.3 is 0 Å². The number of carbonyl (C=O) groups is 1. The Balaban J connectivity index is 2.18. The summed E-state index contributed by atoms with van der Waals surface area (Å²) in [5, 5.41) is 2.33. The summed E-state index contributed by atoms with van der Waals surface area (Å²) in [5.41, 5.74) is 0.235. The van der Waals surface area contributed by atoms with Crippen LogP contribution in [0.15, 0.2) is 36.4 Å². The van der Waals surface area contributed by atoms with E-state index in [0.29, 0.717) is 5.56 Å². The Bertz CT molecular complexity index is 587. The molecule has 1 heterocycles. The largest absolute Gasteiger partial charge is 0.318 e. The second-order valence-electron chi connectivity index (χ2n) is 3.43. The first-order chi connectivity index (χ1) is 8.56. The highest BCUT2D eigenvalue weighted by molar-refractivity contribution is 14.1. The monoisotopic (exact) mass is 360 g/mol. The number of aromatic nitrogens is 1. The molecule has 6 heteroatoms. The van der Waals surface area contributed by atoms with Gasteiger partial charge in [0, 0.05) is 9.13 Å². The first kappa shape index (κ1) is 12.9. The number of rotatable bonds is 2. The lowest BCUT2D eigenvalue weighted by molar-refractivity contribution is 0.102. The average molecular weight is 360 g/mol. The lowest BCUT2D eigenvalue weighted by atomic mass is 10.2. The van der Waals surface area contributed by atoms with Crippen LogP contribution in [0.3, 0.4) is 0 Å². The number of carbonyl (C=O) groups excluding carboxylic acids is 1. The van der Waals surface area contributed by atoms with Crippen LogP contribution in [0.5, 0.6) is 0 Å². The van der Waals surface area contributed by atoms with Gasteiger partial charge in [0.2, 0.25) is 11.9 Å². The second-order valence-corrected chi connectivity index (χ2v) is 4.68. The molecule has 2 aromatic rings.